The Morgan fingerprint density at radius 3 is 2.60 bits per heavy atom. The third-order valence-corrected chi connectivity index (χ3v) is 5.19. The van der Waals surface area contributed by atoms with Crippen LogP contribution in [0.15, 0.2) is 24.3 Å². The van der Waals surface area contributed by atoms with Gasteiger partial charge in [-0.2, -0.15) is 0 Å². The smallest absolute Gasteiger partial charge is 0.355 e. The van der Waals surface area contributed by atoms with Gasteiger partial charge in [0.05, 0.1) is 12.4 Å². The average molecular weight is 363 g/mol. The second kappa shape index (κ2) is 8.34. The minimum atomic E-state index is -0.463. The topological polar surface area (TPSA) is 59.2 Å². The molecule has 1 aromatic carbocycles. The van der Waals surface area contributed by atoms with Crippen LogP contribution in [0.25, 0.3) is 0 Å². The zero-order chi connectivity index (χ0) is 18.6. The van der Waals surface area contributed by atoms with E-state index in [-0.39, 0.29) is 29.2 Å². The molecule has 1 aromatic heterocycles. The molecule has 1 N–H and O–H groups in total. The number of hydrogen-bond acceptors (Lipinski definition) is 4. The van der Waals surface area contributed by atoms with Crippen molar-refractivity contribution in [2.24, 2.45) is 0 Å². The number of Topliss-reactive ketones (excluding diaryl/α,β-unsaturated/α-hetero) is 1. The van der Waals surface area contributed by atoms with Crippen LogP contribution in [0, 0.1) is 19.7 Å². The molecule has 0 aliphatic rings. The van der Waals surface area contributed by atoms with Gasteiger partial charge in [-0.25, -0.2) is 9.18 Å². The van der Waals surface area contributed by atoms with Crippen molar-refractivity contribution < 1.29 is 18.7 Å². The molecule has 0 aliphatic heterocycles. The number of halogens is 1. The molecule has 1 heterocycles. The van der Waals surface area contributed by atoms with Crippen LogP contribution in [0.3, 0.4) is 0 Å². The molecule has 0 aliphatic carbocycles. The maximum atomic E-state index is 13.8. The van der Waals surface area contributed by atoms with E-state index < -0.39 is 5.97 Å². The van der Waals surface area contributed by atoms with Crippen LogP contribution in [0.5, 0.6) is 0 Å². The first-order chi connectivity index (χ1) is 11.9. The summed E-state index contributed by atoms with van der Waals surface area (Å²) in [6.45, 7) is 7.37. The summed E-state index contributed by atoms with van der Waals surface area (Å²) in [5.41, 5.74) is 2.64. The Labute approximate surface area is 151 Å². The predicted molar refractivity (Wildman–Crippen MR) is 97.8 cm³/mol. The number of thioether (sulfide) groups is 1. The van der Waals surface area contributed by atoms with Crippen LogP contribution >= 0.6 is 11.8 Å². The van der Waals surface area contributed by atoms with Gasteiger partial charge in [-0.1, -0.05) is 18.2 Å². The Morgan fingerprint density at radius 1 is 1.28 bits per heavy atom. The Kier molecular flexibility index (Phi) is 6.42. The number of rotatable bonds is 7. The van der Waals surface area contributed by atoms with E-state index in [2.05, 4.69) is 4.98 Å². The number of ether oxygens (including phenoxy) is 1. The molecule has 134 valence electrons. The van der Waals surface area contributed by atoms with Crippen molar-refractivity contribution in [3.8, 4) is 0 Å². The Hall–Kier alpha value is -2.08. The molecule has 4 nitrogen and oxygen atoms in total. The lowest BCUT2D eigenvalue weighted by atomic mass is 10.1. The third-order valence-electron chi connectivity index (χ3n) is 4.00. The quantitative estimate of drug-likeness (QED) is 0.576. The molecule has 0 saturated heterocycles. The number of ketones is 1. The molecule has 2 rings (SSSR count). The number of carbonyl (C=O) groups excluding carboxylic acids is 2. The molecule has 2 aromatic rings. The zero-order valence-electron chi connectivity index (χ0n) is 14.8. The summed E-state index contributed by atoms with van der Waals surface area (Å²) in [7, 11) is 0. The summed E-state index contributed by atoms with van der Waals surface area (Å²) in [5, 5.41) is -0.144. The fourth-order valence-corrected chi connectivity index (χ4v) is 3.66. The first kappa shape index (κ1) is 19.2. The first-order valence-electron chi connectivity index (χ1n) is 8.12. The van der Waals surface area contributed by atoms with Gasteiger partial charge in [0.1, 0.15) is 11.5 Å². The normalized spacial score (nSPS) is 12.0. The highest BCUT2D eigenvalue weighted by Gasteiger charge is 2.23. The van der Waals surface area contributed by atoms with Gasteiger partial charge in [-0.05, 0) is 39.3 Å². The highest BCUT2D eigenvalue weighted by Crippen LogP contribution is 2.31. The van der Waals surface area contributed by atoms with Crippen LogP contribution in [0.1, 0.15) is 56.8 Å². The number of hydrogen-bond donors (Lipinski definition) is 1. The number of aromatic amines is 1. The van der Waals surface area contributed by atoms with E-state index in [1.54, 1.807) is 39.0 Å². The summed E-state index contributed by atoms with van der Waals surface area (Å²) < 4.78 is 18.8. The summed E-state index contributed by atoms with van der Waals surface area (Å²) in [6.07, 6.45) is 0. The molecular formula is C19H22FNO3S. The molecule has 0 amide bonds. The summed E-state index contributed by atoms with van der Waals surface area (Å²) >= 11 is 1.37. The molecule has 25 heavy (non-hydrogen) atoms. The van der Waals surface area contributed by atoms with Crippen molar-refractivity contribution in [3.05, 3.63) is 58.2 Å². The third kappa shape index (κ3) is 4.31. The number of aryl methyl sites for hydroxylation is 1. The largest absolute Gasteiger partial charge is 0.461 e. The van der Waals surface area contributed by atoms with E-state index in [9.17, 15) is 14.0 Å². The van der Waals surface area contributed by atoms with Crippen molar-refractivity contribution in [1.29, 1.82) is 0 Å². The van der Waals surface area contributed by atoms with Gasteiger partial charge in [0.25, 0.3) is 0 Å². The molecule has 1 atom stereocenters. The van der Waals surface area contributed by atoms with Gasteiger partial charge in [0.15, 0.2) is 5.78 Å². The Balaban J connectivity index is 2.11. The number of carbonyl (C=O) groups is 2. The maximum absolute atomic E-state index is 13.8. The minimum absolute atomic E-state index is 0.0880. The predicted octanol–water partition coefficient (Wildman–Crippen LogP) is 4.62. The van der Waals surface area contributed by atoms with E-state index in [1.807, 2.05) is 6.92 Å². The SMILES string of the molecule is CCOC(=O)c1[nH]c(C)c(C(=O)CSC(C)c2ccccc2F)c1C. The van der Waals surface area contributed by atoms with E-state index in [0.717, 1.165) is 0 Å². The van der Waals surface area contributed by atoms with E-state index in [4.69, 9.17) is 4.74 Å². The van der Waals surface area contributed by atoms with E-state index in [1.165, 1.54) is 17.8 Å². The fraction of sp³-hybridized carbons (Fsp3) is 0.368. The molecule has 0 saturated carbocycles. The summed E-state index contributed by atoms with van der Waals surface area (Å²) in [4.78, 5) is 27.5. The van der Waals surface area contributed by atoms with Crippen molar-refractivity contribution in [3.63, 3.8) is 0 Å². The lowest BCUT2D eigenvalue weighted by Crippen LogP contribution is -2.09. The second-order valence-electron chi connectivity index (χ2n) is 5.74. The second-order valence-corrected chi connectivity index (χ2v) is 7.07. The van der Waals surface area contributed by atoms with Gasteiger partial charge in [0, 0.05) is 22.1 Å². The highest BCUT2D eigenvalue weighted by atomic mass is 32.2. The van der Waals surface area contributed by atoms with Gasteiger partial charge in [0.2, 0.25) is 0 Å². The van der Waals surface area contributed by atoms with Gasteiger partial charge in [-0.3, -0.25) is 4.79 Å². The van der Waals surface area contributed by atoms with Gasteiger partial charge in [-0.15, -0.1) is 11.8 Å². The van der Waals surface area contributed by atoms with Crippen LogP contribution in [0.2, 0.25) is 0 Å². The maximum Gasteiger partial charge on any atom is 0.355 e. The van der Waals surface area contributed by atoms with Gasteiger partial charge >= 0.3 is 5.97 Å². The molecule has 0 spiro atoms. The molecular weight excluding hydrogens is 341 g/mol. The first-order valence-corrected chi connectivity index (χ1v) is 9.17. The number of aromatic nitrogens is 1. The van der Waals surface area contributed by atoms with Crippen LogP contribution in [-0.2, 0) is 4.74 Å². The minimum Gasteiger partial charge on any atom is -0.461 e. The molecule has 1 unspecified atom stereocenters. The average Bonchev–Trinajstić information content (AvgIpc) is 2.87. The molecule has 0 radical (unpaired) electrons. The highest BCUT2D eigenvalue weighted by molar-refractivity contribution is 8.00. The number of nitrogens with one attached hydrogen (secondary N) is 1. The number of esters is 1. The summed E-state index contributed by atoms with van der Waals surface area (Å²) in [6, 6.07) is 6.57. The Morgan fingerprint density at radius 2 is 1.96 bits per heavy atom. The van der Waals surface area contributed by atoms with Crippen molar-refractivity contribution in [2.45, 2.75) is 32.9 Å². The van der Waals surface area contributed by atoms with Crippen molar-refractivity contribution in [1.82, 2.24) is 4.98 Å². The van der Waals surface area contributed by atoms with E-state index >= 15 is 0 Å². The van der Waals surface area contributed by atoms with Gasteiger partial charge < -0.3 is 9.72 Å². The monoisotopic (exact) mass is 363 g/mol. The number of benzene rings is 1. The van der Waals surface area contributed by atoms with Crippen LogP contribution in [-0.4, -0.2) is 29.1 Å². The molecule has 0 fully saturated rings. The standard InChI is InChI=1S/C19H22FNO3S/c1-5-24-19(23)18-11(2)17(12(3)21-18)16(22)10-25-13(4)14-8-6-7-9-15(14)20/h6-9,13,21H,5,10H2,1-4H3. The van der Waals surface area contributed by atoms with Crippen LogP contribution < -0.4 is 0 Å². The molecule has 6 heteroatoms. The lowest BCUT2D eigenvalue weighted by Gasteiger charge is -2.12. The van der Waals surface area contributed by atoms with Crippen LogP contribution in [0.4, 0.5) is 4.39 Å². The zero-order valence-corrected chi connectivity index (χ0v) is 15.6. The van der Waals surface area contributed by atoms with Crippen molar-refractivity contribution >= 4 is 23.5 Å². The fourth-order valence-electron chi connectivity index (χ4n) is 2.74. The summed E-state index contributed by atoms with van der Waals surface area (Å²) in [5.74, 6) is -0.616. The lowest BCUT2D eigenvalue weighted by molar-refractivity contribution is 0.0519. The van der Waals surface area contributed by atoms with Crippen molar-refractivity contribution in [2.75, 3.05) is 12.4 Å². The molecule has 0 bridgehead atoms. The van der Waals surface area contributed by atoms with E-state index in [0.29, 0.717) is 28.1 Å². The number of H-pyrrole nitrogens is 1. The Bertz CT molecular complexity index is 785.